The lowest BCUT2D eigenvalue weighted by atomic mass is 10.1. The van der Waals surface area contributed by atoms with E-state index in [1.165, 1.54) is 6.20 Å². The number of benzene rings is 2. The normalized spacial score (nSPS) is 10.5. The van der Waals surface area contributed by atoms with Gasteiger partial charge in [0.1, 0.15) is 11.3 Å². The molecule has 3 rings (SSSR count). The lowest BCUT2D eigenvalue weighted by molar-refractivity contribution is 0.0697. The van der Waals surface area contributed by atoms with Gasteiger partial charge < -0.3 is 5.11 Å². The minimum Gasteiger partial charge on any atom is -0.478 e. The number of hydrogen-bond acceptors (Lipinski definition) is 2. The highest BCUT2D eigenvalue weighted by atomic mass is 35.5. The largest absolute Gasteiger partial charge is 0.478 e. The molecule has 0 amide bonds. The molecule has 1 N–H and O–H groups in total. The number of carbonyl (C=O) groups is 1. The average molecular weight is 299 g/mol. The van der Waals surface area contributed by atoms with Gasteiger partial charge in [0.25, 0.3) is 0 Å². The molecule has 0 bridgehead atoms. The van der Waals surface area contributed by atoms with E-state index in [0.717, 1.165) is 5.69 Å². The maximum atomic E-state index is 11.4. The van der Waals surface area contributed by atoms with Gasteiger partial charge in [0.15, 0.2) is 0 Å². The highest BCUT2D eigenvalue weighted by Crippen LogP contribution is 2.26. The summed E-state index contributed by atoms with van der Waals surface area (Å²) in [4.78, 5) is 11.4. The van der Waals surface area contributed by atoms with Crippen LogP contribution in [-0.4, -0.2) is 20.9 Å². The molecule has 1 aromatic heterocycles. The van der Waals surface area contributed by atoms with Crippen LogP contribution in [0.5, 0.6) is 0 Å². The Kier molecular flexibility index (Phi) is 3.46. The summed E-state index contributed by atoms with van der Waals surface area (Å²) in [5.74, 6) is -1.02. The van der Waals surface area contributed by atoms with Crippen LogP contribution in [-0.2, 0) is 0 Å². The molecule has 3 aromatic rings. The van der Waals surface area contributed by atoms with Crippen LogP contribution in [0.3, 0.4) is 0 Å². The third-order valence-electron chi connectivity index (χ3n) is 3.06. The number of hydrogen-bond donors (Lipinski definition) is 1. The summed E-state index contributed by atoms with van der Waals surface area (Å²) in [7, 11) is 0. The fraction of sp³-hybridized carbons (Fsp3) is 0. The van der Waals surface area contributed by atoms with Crippen molar-refractivity contribution in [2.24, 2.45) is 0 Å². The molecule has 5 heteroatoms. The minimum atomic E-state index is -1.02. The van der Waals surface area contributed by atoms with E-state index in [9.17, 15) is 9.90 Å². The highest BCUT2D eigenvalue weighted by Gasteiger charge is 2.17. The van der Waals surface area contributed by atoms with E-state index < -0.39 is 5.97 Å². The van der Waals surface area contributed by atoms with Gasteiger partial charge in [-0.25, -0.2) is 9.48 Å². The van der Waals surface area contributed by atoms with Gasteiger partial charge in [-0.2, -0.15) is 5.10 Å². The van der Waals surface area contributed by atoms with Crippen molar-refractivity contribution in [1.29, 1.82) is 0 Å². The smallest absolute Gasteiger partial charge is 0.339 e. The molecular formula is C16H11ClN2O2. The Labute approximate surface area is 126 Å². The number of aromatic carboxylic acids is 1. The van der Waals surface area contributed by atoms with Crippen molar-refractivity contribution in [3.05, 3.63) is 71.4 Å². The maximum Gasteiger partial charge on any atom is 0.339 e. The molecule has 1 heterocycles. The minimum absolute atomic E-state index is 0.140. The third-order valence-corrected chi connectivity index (χ3v) is 3.30. The number of nitrogens with zero attached hydrogens (tertiary/aromatic N) is 2. The lowest BCUT2D eigenvalue weighted by Crippen LogP contribution is -1.96. The fourth-order valence-corrected chi connectivity index (χ4v) is 2.28. The molecule has 2 aromatic carbocycles. The molecule has 0 aliphatic heterocycles. The zero-order chi connectivity index (χ0) is 14.8. The zero-order valence-corrected chi connectivity index (χ0v) is 11.7. The number of halogens is 1. The summed E-state index contributed by atoms with van der Waals surface area (Å²) >= 11 is 5.97. The first-order valence-electron chi connectivity index (χ1n) is 6.29. The molecule has 0 radical (unpaired) electrons. The topological polar surface area (TPSA) is 55.1 Å². The second kappa shape index (κ2) is 5.42. The highest BCUT2D eigenvalue weighted by molar-refractivity contribution is 6.30. The summed E-state index contributed by atoms with van der Waals surface area (Å²) < 4.78 is 1.56. The Hall–Kier alpha value is -2.59. The molecule has 0 atom stereocenters. The van der Waals surface area contributed by atoms with Gasteiger partial charge >= 0.3 is 5.97 Å². The Bertz CT molecular complexity index is 797. The Morgan fingerprint density at radius 3 is 2.52 bits per heavy atom. The molecule has 0 unspecified atom stereocenters. The molecule has 0 aliphatic carbocycles. The van der Waals surface area contributed by atoms with E-state index in [-0.39, 0.29) is 5.56 Å². The first-order chi connectivity index (χ1) is 10.1. The molecule has 4 nitrogen and oxygen atoms in total. The number of carboxylic acid groups (broad SMARTS) is 1. The van der Waals surface area contributed by atoms with E-state index in [0.29, 0.717) is 16.3 Å². The van der Waals surface area contributed by atoms with Crippen molar-refractivity contribution in [1.82, 2.24) is 9.78 Å². The van der Waals surface area contributed by atoms with Crippen molar-refractivity contribution in [2.45, 2.75) is 0 Å². The van der Waals surface area contributed by atoms with Crippen molar-refractivity contribution < 1.29 is 9.90 Å². The van der Waals surface area contributed by atoms with Crippen LogP contribution in [0, 0.1) is 0 Å². The van der Waals surface area contributed by atoms with E-state index in [1.807, 2.05) is 30.3 Å². The van der Waals surface area contributed by atoms with E-state index in [4.69, 9.17) is 11.6 Å². The van der Waals surface area contributed by atoms with Crippen LogP contribution >= 0.6 is 11.6 Å². The monoisotopic (exact) mass is 298 g/mol. The van der Waals surface area contributed by atoms with Crippen LogP contribution in [0.1, 0.15) is 10.4 Å². The first kappa shape index (κ1) is 13.4. The van der Waals surface area contributed by atoms with E-state index >= 15 is 0 Å². The van der Waals surface area contributed by atoms with Crippen LogP contribution in [0.25, 0.3) is 16.9 Å². The molecule has 0 saturated carbocycles. The van der Waals surface area contributed by atoms with Gasteiger partial charge in [-0.05, 0) is 24.3 Å². The molecule has 21 heavy (non-hydrogen) atoms. The van der Waals surface area contributed by atoms with Crippen LogP contribution < -0.4 is 0 Å². The van der Waals surface area contributed by atoms with Gasteiger partial charge in [0, 0.05) is 16.8 Å². The van der Waals surface area contributed by atoms with Gasteiger partial charge in [0.2, 0.25) is 0 Å². The van der Waals surface area contributed by atoms with Crippen molar-refractivity contribution in [3.63, 3.8) is 0 Å². The molecule has 0 fully saturated rings. The van der Waals surface area contributed by atoms with Crippen LogP contribution in [0.4, 0.5) is 0 Å². The predicted molar refractivity (Wildman–Crippen MR) is 81.0 cm³/mol. The van der Waals surface area contributed by atoms with Crippen LogP contribution in [0.15, 0.2) is 60.8 Å². The Balaban J connectivity index is 2.16. The van der Waals surface area contributed by atoms with Gasteiger partial charge in [-0.1, -0.05) is 41.9 Å². The second-order valence-electron chi connectivity index (χ2n) is 4.49. The Morgan fingerprint density at radius 2 is 1.86 bits per heavy atom. The summed E-state index contributed by atoms with van der Waals surface area (Å²) in [5, 5.41) is 14.3. The van der Waals surface area contributed by atoms with Gasteiger partial charge in [-0.15, -0.1) is 0 Å². The summed E-state index contributed by atoms with van der Waals surface area (Å²) in [5.41, 5.74) is 2.01. The van der Waals surface area contributed by atoms with Crippen molar-refractivity contribution >= 4 is 17.6 Å². The zero-order valence-electron chi connectivity index (χ0n) is 10.9. The van der Waals surface area contributed by atoms with E-state index in [1.54, 1.807) is 28.9 Å². The van der Waals surface area contributed by atoms with Gasteiger partial charge in [0.05, 0.1) is 5.69 Å². The summed E-state index contributed by atoms with van der Waals surface area (Å²) in [6.07, 6.45) is 1.51. The second-order valence-corrected chi connectivity index (χ2v) is 4.92. The number of rotatable bonds is 3. The van der Waals surface area contributed by atoms with Crippen molar-refractivity contribution in [2.75, 3.05) is 0 Å². The van der Waals surface area contributed by atoms with Crippen LogP contribution in [0.2, 0.25) is 5.02 Å². The summed E-state index contributed by atoms with van der Waals surface area (Å²) in [6, 6.07) is 16.4. The maximum absolute atomic E-state index is 11.4. The van der Waals surface area contributed by atoms with E-state index in [2.05, 4.69) is 5.10 Å². The molecule has 0 spiro atoms. The SMILES string of the molecule is O=C(O)c1cn(-c2ccccc2)nc1-c1cccc(Cl)c1. The number of para-hydroxylation sites is 1. The number of carboxylic acids is 1. The molecular weight excluding hydrogens is 288 g/mol. The first-order valence-corrected chi connectivity index (χ1v) is 6.67. The lowest BCUT2D eigenvalue weighted by Gasteiger charge is -2.00. The predicted octanol–water partition coefficient (Wildman–Crippen LogP) is 3.89. The van der Waals surface area contributed by atoms with Crippen molar-refractivity contribution in [3.8, 4) is 16.9 Å². The third kappa shape index (κ3) is 2.66. The molecule has 0 aliphatic rings. The quantitative estimate of drug-likeness (QED) is 0.798. The summed E-state index contributed by atoms with van der Waals surface area (Å²) in [6.45, 7) is 0. The molecule has 104 valence electrons. The molecule has 0 saturated heterocycles. The standard InChI is InChI=1S/C16H11ClN2O2/c17-12-6-4-5-11(9-12)15-14(16(20)21)10-19(18-15)13-7-2-1-3-8-13/h1-10H,(H,20,21). The number of aromatic nitrogens is 2. The van der Waals surface area contributed by atoms with Gasteiger partial charge in [-0.3, -0.25) is 0 Å². The Morgan fingerprint density at radius 1 is 1.10 bits per heavy atom. The average Bonchev–Trinajstić information content (AvgIpc) is 2.93. The fourth-order valence-electron chi connectivity index (χ4n) is 2.09.